The monoisotopic (exact) mass is 370 g/mol. The van der Waals surface area contributed by atoms with Crippen LogP contribution < -0.4 is 0 Å². The second-order valence-electron chi connectivity index (χ2n) is 9.61. The molecule has 0 heterocycles. The molecule has 0 aromatic carbocycles. The molecular formula is C22H42O4. The van der Waals surface area contributed by atoms with Crippen LogP contribution in [0.25, 0.3) is 0 Å². The standard InChI is InChI=1S/C22H42O4/c1-15(2)13-21(9,17(5)6)19(23)25-11-12-26-20(24)22(10,18(7)8)14-16(3)4/h15-18H,11-14H2,1-10H3. The third-order valence-corrected chi connectivity index (χ3v) is 5.70. The number of hydrogen-bond acceptors (Lipinski definition) is 4. The third-order valence-electron chi connectivity index (χ3n) is 5.70. The fourth-order valence-electron chi connectivity index (χ4n) is 3.40. The summed E-state index contributed by atoms with van der Waals surface area (Å²) in [6.07, 6.45) is 1.56. The zero-order valence-corrected chi connectivity index (χ0v) is 18.8. The number of hydrogen-bond donors (Lipinski definition) is 0. The highest BCUT2D eigenvalue weighted by Crippen LogP contribution is 2.36. The van der Waals surface area contributed by atoms with E-state index in [1.165, 1.54) is 0 Å². The summed E-state index contributed by atoms with van der Waals surface area (Å²) < 4.78 is 10.9. The summed E-state index contributed by atoms with van der Waals surface area (Å²) in [5.41, 5.74) is -1.02. The zero-order valence-electron chi connectivity index (χ0n) is 18.8. The molecule has 26 heavy (non-hydrogen) atoms. The van der Waals surface area contributed by atoms with Gasteiger partial charge in [-0.05, 0) is 50.4 Å². The summed E-state index contributed by atoms with van der Waals surface area (Å²) in [6.45, 7) is 20.8. The van der Waals surface area contributed by atoms with E-state index in [-0.39, 0.29) is 37.0 Å². The normalized spacial score (nSPS) is 16.7. The van der Waals surface area contributed by atoms with Crippen molar-refractivity contribution in [3.63, 3.8) is 0 Å². The Morgan fingerprint density at radius 2 is 0.923 bits per heavy atom. The molecule has 0 fully saturated rings. The highest BCUT2D eigenvalue weighted by atomic mass is 16.6. The predicted octanol–water partition coefficient (Wildman–Crippen LogP) is 5.49. The molecule has 0 saturated carbocycles. The fourth-order valence-corrected chi connectivity index (χ4v) is 3.40. The van der Waals surface area contributed by atoms with Gasteiger partial charge in [-0.3, -0.25) is 9.59 Å². The van der Waals surface area contributed by atoms with Crippen LogP contribution in [0.2, 0.25) is 0 Å². The molecule has 0 spiro atoms. The van der Waals surface area contributed by atoms with E-state index < -0.39 is 10.8 Å². The highest BCUT2D eigenvalue weighted by molar-refractivity contribution is 5.77. The average molecular weight is 371 g/mol. The molecule has 0 rings (SSSR count). The first kappa shape index (κ1) is 24.9. The van der Waals surface area contributed by atoms with Gasteiger partial charge in [0.2, 0.25) is 0 Å². The van der Waals surface area contributed by atoms with Crippen molar-refractivity contribution in [1.29, 1.82) is 0 Å². The third kappa shape index (κ3) is 6.92. The summed E-state index contributed by atoms with van der Waals surface area (Å²) >= 11 is 0. The second-order valence-corrected chi connectivity index (χ2v) is 9.61. The van der Waals surface area contributed by atoms with Gasteiger partial charge in [0.1, 0.15) is 13.2 Å². The highest BCUT2D eigenvalue weighted by Gasteiger charge is 2.40. The Labute approximate surface area is 161 Å². The first-order valence-corrected chi connectivity index (χ1v) is 10.1. The lowest BCUT2D eigenvalue weighted by atomic mass is 9.73. The van der Waals surface area contributed by atoms with Crippen molar-refractivity contribution in [1.82, 2.24) is 0 Å². The molecule has 0 aliphatic heterocycles. The summed E-state index contributed by atoms with van der Waals surface area (Å²) in [5, 5.41) is 0. The average Bonchev–Trinajstić information content (AvgIpc) is 2.48. The fraction of sp³-hybridized carbons (Fsp3) is 0.909. The largest absolute Gasteiger partial charge is 0.462 e. The Bertz CT molecular complexity index is 411. The van der Waals surface area contributed by atoms with E-state index in [9.17, 15) is 9.59 Å². The molecule has 0 saturated heterocycles. The number of rotatable bonds is 11. The molecule has 0 aliphatic rings. The van der Waals surface area contributed by atoms with Crippen LogP contribution in [0.15, 0.2) is 0 Å². The van der Waals surface area contributed by atoms with Crippen molar-refractivity contribution in [3.05, 3.63) is 0 Å². The van der Waals surface area contributed by atoms with E-state index in [2.05, 4.69) is 27.7 Å². The Hall–Kier alpha value is -1.06. The minimum absolute atomic E-state index is 0.112. The lowest BCUT2D eigenvalue weighted by Crippen LogP contribution is -2.38. The SMILES string of the molecule is CC(C)CC(C)(C(=O)OCCOC(=O)C(C)(CC(C)C)C(C)C)C(C)C. The lowest BCUT2D eigenvalue weighted by molar-refractivity contribution is -0.168. The van der Waals surface area contributed by atoms with Gasteiger partial charge in [0.25, 0.3) is 0 Å². The molecule has 0 radical (unpaired) electrons. The van der Waals surface area contributed by atoms with Crippen molar-refractivity contribution in [2.75, 3.05) is 13.2 Å². The summed E-state index contributed by atoms with van der Waals surface area (Å²) in [5.74, 6) is 0.800. The van der Waals surface area contributed by atoms with E-state index in [1.54, 1.807) is 0 Å². The minimum atomic E-state index is -0.512. The van der Waals surface area contributed by atoms with Crippen molar-refractivity contribution in [2.24, 2.45) is 34.5 Å². The van der Waals surface area contributed by atoms with Crippen molar-refractivity contribution >= 4 is 11.9 Å². The number of ether oxygens (including phenoxy) is 2. The zero-order chi connectivity index (χ0) is 20.7. The lowest BCUT2D eigenvalue weighted by Gasteiger charge is -2.33. The molecule has 4 nitrogen and oxygen atoms in total. The molecule has 0 N–H and O–H groups in total. The van der Waals surface area contributed by atoms with Crippen LogP contribution in [0.1, 0.15) is 82.1 Å². The second kappa shape index (κ2) is 10.3. The Morgan fingerprint density at radius 1 is 0.654 bits per heavy atom. The molecular weight excluding hydrogens is 328 g/mol. The predicted molar refractivity (Wildman–Crippen MR) is 107 cm³/mol. The van der Waals surface area contributed by atoms with Crippen LogP contribution in [0.3, 0.4) is 0 Å². The van der Waals surface area contributed by atoms with Crippen LogP contribution >= 0.6 is 0 Å². The van der Waals surface area contributed by atoms with E-state index in [4.69, 9.17) is 9.47 Å². The van der Waals surface area contributed by atoms with Gasteiger partial charge in [0.05, 0.1) is 10.8 Å². The molecule has 2 unspecified atom stereocenters. The smallest absolute Gasteiger partial charge is 0.312 e. The van der Waals surface area contributed by atoms with E-state index in [1.807, 2.05) is 41.5 Å². The van der Waals surface area contributed by atoms with Gasteiger partial charge in [0, 0.05) is 0 Å². The van der Waals surface area contributed by atoms with Crippen molar-refractivity contribution in [3.8, 4) is 0 Å². The number of carbonyl (C=O) groups excluding carboxylic acids is 2. The Morgan fingerprint density at radius 3 is 1.12 bits per heavy atom. The maximum Gasteiger partial charge on any atom is 0.312 e. The quantitative estimate of drug-likeness (QED) is 0.356. The molecule has 0 aromatic rings. The molecule has 0 aromatic heterocycles. The summed E-state index contributed by atoms with van der Waals surface area (Å²) in [7, 11) is 0. The molecule has 2 atom stereocenters. The van der Waals surface area contributed by atoms with Crippen molar-refractivity contribution < 1.29 is 19.1 Å². The summed E-state index contributed by atoms with van der Waals surface area (Å²) in [4.78, 5) is 25.1. The Kier molecular flexibility index (Phi) is 9.90. The molecule has 0 amide bonds. The van der Waals surface area contributed by atoms with Gasteiger partial charge in [-0.1, -0.05) is 55.4 Å². The Balaban J connectivity index is 4.68. The van der Waals surface area contributed by atoms with Gasteiger partial charge in [-0.2, -0.15) is 0 Å². The van der Waals surface area contributed by atoms with E-state index in [0.717, 1.165) is 12.8 Å². The van der Waals surface area contributed by atoms with Crippen LogP contribution in [-0.4, -0.2) is 25.2 Å². The van der Waals surface area contributed by atoms with Gasteiger partial charge in [-0.15, -0.1) is 0 Å². The molecule has 4 heteroatoms. The first-order valence-electron chi connectivity index (χ1n) is 10.1. The van der Waals surface area contributed by atoms with E-state index in [0.29, 0.717) is 11.8 Å². The summed E-state index contributed by atoms with van der Waals surface area (Å²) in [6, 6.07) is 0. The van der Waals surface area contributed by atoms with Crippen LogP contribution in [0, 0.1) is 34.5 Å². The first-order chi connectivity index (χ1) is 11.8. The van der Waals surface area contributed by atoms with Gasteiger partial charge >= 0.3 is 11.9 Å². The van der Waals surface area contributed by atoms with Gasteiger partial charge in [0.15, 0.2) is 0 Å². The topological polar surface area (TPSA) is 52.6 Å². The van der Waals surface area contributed by atoms with Gasteiger partial charge < -0.3 is 9.47 Å². The maximum atomic E-state index is 12.6. The molecule has 0 bridgehead atoms. The van der Waals surface area contributed by atoms with Gasteiger partial charge in [-0.25, -0.2) is 0 Å². The molecule has 154 valence electrons. The number of esters is 2. The van der Waals surface area contributed by atoms with Crippen LogP contribution in [-0.2, 0) is 19.1 Å². The van der Waals surface area contributed by atoms with Crippen LogP contribution in [0.4, 0.5) is 0 Å². The van der Waals surface area contributed by atoms with Crippen LogP contribution in [0.5, 0.6) is 0 Å². The van der Waals surface area contributed by atoms with E-state index >= 15 is 0 Å². The molecule has 0 aliphatic carbocycles. The minimum Gasteiger partial charge on any atom is -0.462 e. The van der Waals surface area contributed by atoms with Crippen molar-refractivity contribution in [2.45, 2.75) is 82.1 Å². The maximum absolute atomic E-state index is 12.6. The number of carbonyl (C=O) groups is 2.